The van der Waals surface area contributed by atoms with E-state index in [2.05, 4.69) is 16.3 Å². The molecule has 1 unspecified atom stereocenters. The van der Waals surface area contributed by atoms with Crippen LogP contribution in [0, 0.1) is 12.8 Å². The Morgan fingerprint density at radius 3 is 2.56 bits per heavy atom. The summed E-state index contributed by atoms with van der Waals surface area (Å²) >= 11 is 0. The quantitative estimate of drug-likeness (QED) is 0.531. The predicted molar refractivity (Wildman–Crippen MR) is 141 cm³/mol. The monoisotopic (exact) mass is 548 g/mol. The van der Waals surface area contributed by atoms with E-state index < -0.39 is 18.5 Å². The molecule has 0 aliphatic carbocycles. The number of alkyl halides is 3. The summed E-state index contributed by atoms with van der Waals surface area (Å²) in [6.07, 6.45) is -1.25. The van der Waals surface area contributed by atoms with E-state index in [0.29, 0.717) is 51.0 Å². The second-order valence-corrected chi connectivity index (χ2v) is 10.5. The Hall–Kier alpha value is -3.05. The van der Waals surface area contributed by atoms with Crippen molar-refractivity contribution in [3.05, 3.63) is 36.0 Å². The van der Waals surface area contributed by atoms with Gasteiger partial charge in [-0.15, -0.1) is 0 Å². The van der Waals surface area contributed by atoms with Gasteiger partial charge in [0.25, 0.3) is 0 Å². The lowest BCUT2D eigenvalue weighted by Crippen LogP contribution is -2.37. The molecule has 3 saturated heterocycles. The maximum Gasteiger partial charge on any atom is 0.389 e. The Kier molecular flexibility index (Phi) is 8.46. The highest BCUT2D eigenvalue weighted by molar-refractivity contribution is 5.90. The number of hydrogen-bond donors (Lipinski definition) is 1. The van der Waals surface area contributed by atoms with Gasteiger partial charge in [-0.2, -0.15) is 13.2 Å². The topological polar surface area (TPSA) is 76.2 Å². The van der Waals surface area contributed by atoms with Gasteiger partial charge in [0.2, 0.25) is 5.88 Å². The number of aryl methyl sites for hydroxylation is 1. The van der Waals surface area contributed by atoms with Gasteiger partial charge in [0.1, 0.15) is 11.8 Å². The first kappa shape index (κ1) is 27.5. The minimum atomic E-state index is -4.22. The van der Waals surface area contributed by atoms with Crippen LogP contribution in [-0.4, -0.2) is 80.8 Å². The average Bonchev–Trinajstić information content (AvgIpc) is 3.38. The lowest BCUT2D eigenvalue weighted by molar-refractivity contribution is -0.143. The van der Waals surface area contributed by atoms with Crippen LogP contribution < -0.4 is 15.0 Å². The molecule has 8 nitrogen and oxygen atoms in total. The van der Waals surface area contributed by atoms with Crippen LogP contribution in [0.4, 0.5) is 29.3 Å². The fourth-order valence-corrected chi connectivity index (χ4v) is 5.39. The predicted octanol–water partition coefficient (Wildman–Crippen LogP) is 5.26. The largest absolute Gasteiger partial charge is 0.473 e. The summed E-state index contributed by atoms with van der Waals surface area (Å²) in [5.74, 6) is 0.0352. The van der Waals surface area contributed by atoms with Crippen LogP contribution in [0.1, 0.15) is 31.2 Å². The van der Waals surface area contributed by atoms with Crippen LogP contribution in [0.5, 0.6) is 5.88 Å². The highest BCUT2D eigenvalue weighted by atomic mass is 19.4. The number of nitrogens with one attached hydrogen (secondary N) is 1. The number of aromatic nitrogens is 1. The Balaban J connectivity index is 1.34. The third kappa shape index (κ3) is 7.13. The summed E-state index contributed by atoms with van der Waals surface area (Å²) in [7, 11) is 0. The van der Waals surface area contributed by atoms with Crippen molar-refractivity contribution in [2.75, 3.05) is 62.8 Å². The number of benzene rings is 1. The SMILES string of the molecule is Cc1ccc(NC(=O)N2CCC(CC(F)(F)F)C2)cc1-c1cnc(OC2CCOCC2)c(N2CCOCC2)c1. The van der Waals surface area contributed by atoms with Crippen LogP contribution in [0.15, 0.2) is 30.5 Å². The Labute approximate surface area is 226 Å². The lowest BCUT2D eigenvalue weighted by Gasteiger charge is -2.31. The zero-order valence-electron chi connectivity index (χ0n) is 22.1. The smallest absolute Gasteiger partial charge is 0.389 e. The Bertz CT molecular complexity index is 1150. The van der Waals surface area contributed by atoms with Gasteiger partial charge in [0, 0.05) is 62.9 Å². The highest BCUT2D eigenvalue weighted by Gasteiger charge is 2.36. The lowest BCUT2D eigenvalue weighted by atomic mass is 10.0. The molecule has 3 fully saturated rings. The van der Waals surface area contributed by atoms with E-state index in [0.717, 1.165) is 48.3 Å². The second-order valence-electron chi connectivity index (χ2n) is 10.5. The molecule has 39 heavy (non-hydrogen) atoms. The standard InChI is InChI=1S/C28H35F3N4O4/c1-19-2-3-22(33-27(36)35-7-4-20(18-35)16-28(29,30)31)15-24(19)21-14-25(34-8-12-38-13-9-34)26(32-17-21)39-23-5-10-37-11-6-23/h2-3,14-15,17,20,23H,4-13,16,18H2,1H3,(H,33,36). The number of likely N-dealkylation sites (tertiary alicyclic amines) is 1. The molecule has 5 rings (SSSR count). The average molecular weight is 549 g/mol. The van der Waals surface area contributed by atoms with Gasteiger partial charge < -0.3 is 29.3 Å². The molecule has 0 spiro atoms. The van der Waals surface area contributed by atoms with Gasteiger partial charge in [0.05, 0.1) is 26.4 Å². The van der Waals surface area contributed by atoms with Crippen molar-refractivity contribution in [2.24, 2.45) is 5.92 Å². The number of morpholine rings is 1. The molecule has 1 aromatic carbocycles. The molecule has 1 N–H and O–H groups in total. The number of pyridine rings is 1. The van der Waals surface area contributed by atoms with Gasteiger partial charge in [0.15, 0.2) is 0 Å². The van der Waals surface area contributed by atoms with Crippen molar-refractivity contribution in [3.63, 3.8) is 0 Å². The number of nitrogens with zero attached hydrogens (tertiary/aromatic N) is 3. The minimum Gasteiger partial charge on any atom is -0.473 e. The Morgan fingerprint density at radius 2 is 1.82 bits per heavy atom. The number of amides is 2. The van der Waals surface area contributed by atoms with Crippen molar-refractivity contribution in [2.45, 2.75) is 44.9 Å². The molecule has 212 valence electrons. The number of hydrogen-bond acceptors (Lipinski definition) is 6. The number of rotatable bonds is 6. The maximum absolute atomic E-state index is 12.8. The summed E-state index contributed by atoms with van der Waals surface area (Å²) in [5, 5.41) is 2.87. The van der Waals surface area contributed by atoms with Gasteiger partial charge in [-0.05, 0) is 48.6 Å². The molecule has 0 bridgehead atoms. The number of carbonyl (C=O) groups excluding carboxylic acids is 1. The third-order valence-electron chi connectivity index (χ3n) is 7.52. The fraction of sp³-hybridized carbons (Fsp3) is 0.571. The van der Waals surface area contributed by atoms with E-state index in [1.165, 1.54) is 4.90 Å². The van der Waals surface area contributed by atoms with Crippen LogP contribution in [0.2, 0.25) is 0 Å². The van der Waals surface area contributed by atoms with E-state index in [-0.39, 0.29) is 18.7 Å². The molecular formula is C28H35F3N4O4. The fourth-order valence-electron chi connectivity index (χ4n) is 5.39. The molecule has 11 heteroatoms. The van der Waals surface area contributed by atoms with Crippen molar-refractivity contribution < 1.29 is 32.2 Å². The third-order valence-corrected chi connectivity index (χ3v) is 7.52. The molecular weight excluding hydrogens is 513 g/mol. The van der Waals surface area contributed by atoms with Gasteiger partial charge >= 0.3 is 12.2 Å². The maximum atomic E-state index is 12.8. The molecule has 1 aromatic heterocycles. The number of ether oxygens (including phenoxy) is 3. The summed E-state index contributed by atoms with van der Waals surface area (Å²) in [4.78, 5) is 21.2. The summed E-state index contributed by atoms with van der Waals surface area (Å²) < 4.78 is 55.6. The first-order chi connectivity index (χ1) is 18.7. The van der Waals surface area contributed by atoms with Gasteiger partial charge in [-0.25, -0.2) is 9.78 Å². The first-order valence-corrected chi connectivity index (χ1v) is 13.6. The molecule has 3 aliphatic rings. The van der Waals surface area contributed by atoms with Crippen LogP contribution >= 0.6 is 0 Å². The summed E-state index contributed by atoms with van der Waals surface area (Å²) in [5.41, 5.74) is 4.28. The molecule has 0 saturated carbocycles. The Morgan fingerprint density at radius 1 is 1.08 bits per heavy atom. The normalized spacial score (nSPS) is 20.8. The number of halogens is 3. The van der Waals surface area contributed by atoms with E-state index in [1.807, 2.05) is 19.1 Å². The van der Waals surface area contributed by atoms with E-state index in [9.17, 15) is 18.0 Å². The molecule has 0 radical (unpaired) electrons. The van der Waals surface area contributed by atoms with Crippen molar-refractivity contribution >= 4 is 17.4 Å². The molecule has 2 aromatic rings. The number of carbonyl (C=O) groups is 1. The molecule has 4 heterocycles. The van der Waals surface area contributed by atoms with Crippen LogP contribution in [-0.2, 0) is 9.47 Å². The molecule has 2 amide bonds. The summed E-state index contributed by atoms with van der Waals surface area (Å²) in [6.45, 7) is 6.47. The second kappa shape index (κ2) is 12.0. The first-order valence-electron chi connectivity index (χ1n) is 13.6. The van der Waals surface area contributed by atoms with Crippen LogP contribution in [0.3, 0.4) is 0 Å². The van der Waals surface area contributed by atoms with Gasteiger partial charge in [-0.1, -0.05) is 6.07 Å². The highest BCUT2D eigenvalue weighted by Crippen LogP contribution is 2.36. The molecule has 1 atom stereocenters. The molecule has 3 aliphatic heterocycles. The van der Waals surface area contributed by atoms with E-state index in [4.69, 9.17) is 19.2 Å². The van der Waals surface area contributed by atoms with Crippen molar-refractivity contribution in [3.8, 4) is 17.0 Å². The van der Waals surface area contributed by atoms with Crippen molar-refractivity contribution in [1.29, 1.82) is 0 Å². The van der Waals surface area contributed by atoms with Gasteiger partial charge in [-0.3, -0.25) is 0 Å². The van der Waals surface area contributed by atoms with Crippen molar-refractivity contribution in [1.82, 2.24) is 9.88 Å². The van der Waals surface area contributed by atoms with E-state index in [1.54, 1.807) is 12.3 Å². The zero-order valence-corrected chi connectivity index (χ0v) is 22.1. The summed E-state index contributed by atoms with van der Waals surface area (Å²) in [6, 6.07) is 7.29. The minimum absolute atomic E-state index is 0.0542. The zero-order chi connectivity index (χ0) is 27.4. The number of anilines is 2. The number of urea groups is 1. The van der Waals surface area contributed by atoms with E-state index >= 15 is 0 Å². The van der Waals surface area contributed by atoms with Crippen LogP contribution in [0.25, 0.3) is 11.1 Å².